The third-order valence-electron chi connectivity index (χ3n) is 2.61. The van der Waals surface area contributed by atoms with Crippen LogP contribution in [0.1, 0.15) is 10.4 Å². The van der Waals surface area contributed by atoms with Crippen molar-refractivity contribution in [2.24, 2.45) is 0 Å². The molecule has 1 aromatic rings. The highest BCUT2D eigenvalue weighted by molar-refractivity contribution is 6.33. The second kappa shape index (κ2) is 7.21. The smallest absolute Gasteiger partial charge is 0.323 e. The van der Waals surface area contributed by atoms with Crippen molar-refractivity contribution in [1.29, 1.82) is 0 Å². The fourth-order valence-electron chi connectivity index (χ4n) is 1.60. The third-order valence-corrected chi connectivity index (χ3v) is 2.92. The van der Waals surface area contributed by atoms with Gasteiger partial charge in [0.05, 0.1) is 10.6 Å². The normalized spacial score (nSPS) is 10.7. The van der Waals surface area contributed by atoms with Gasteiger partial charge < -0.3 is 14.9 Å². The maximum Gasteiger partial charge on any atom is 0.323 e. The topological polar surface area (TPSA) is 60.9 Å². The Bertz CT molecular complexity index is 488. The first kappa shape index (κ1) is 16.4. The first-order valence-corrected chi connectivity index (χ1v) is 6.30. The van der Waals surface area contributed by atoms with Gasteiger partial charge in [0.25, 0.3) is 5.91 Å². The lowest BCUT2D eigenvalue weighted by Crippen LogP contribution is -2.40. The molecule has 0 atom stereocenters. The van der Waals surface area contributed by atoms with E-state index in [1.807, 2.05) is 0 Å². The summed E-state index contributed by atoms with van der Waals surface area (Å²) < 4.78 is 13.7. The molecule has 7 heteroatoms. The van der Waals surface area contributed by atoms with Gasteiger partial charge in [0, 0.05) is 13.1 Å². The average molecular weight is 303 g/mol. The summed E-state index contributed by atoms with van der Waals surface area (Å²) in [5.74, 6) is -2.65. The number of hydrogen-bond donors (Lipinski definition) is 1. The van der Waals surface area contributed by atoms with E-state index in [0.717, 1.165) is 11.0 Å². The van der Waals surface area contributed by atoms with Crippen molar-refractivity contribution in [2.45, 2.75) is 0 Å². The monoisotopic (exact) mass is 302 g/mol. The molecule has 20 heavy (non-hydrogen) atoms. The highest BCUT2D eigenvalue weighted by atomic mass is 35.5. The van der Waals surface area contributed by atoms with Gasteiger partial charge in [0.2, 0.25) is 0 Å². The molecule has 5 nitrogen and oxygen atoms in total. The average Bonchev–Trinajstić information content (AvgIpc) is 2.33. The van der Waals surface area contributed by atoms with Crippen LogP contribution in [-0.4, -0.2) is 60.5 Å². The molecule has 0 unspecified atom stereocenters. The van der Waals surface area contributed by atoms with Crippen molar-refractivity contribution in [1.82, 2.24) is 9.80 Å². The van der Waals surface area contributed by atoms with Crippen molar-refractivity contribution < 1.29 is 19.1 Å². The summed E-state index contributed by atoms with van der Waals surface area (Å²) in [6, 6.07) is 3.89. The quantitative estimate of drug-likeness (QED) is 0.866. The van der Waals surface area contributed by atoms with Gasteiger partial charge in [-0.1, -0.05) is 17.7 Å². The number of carboxylic acid groups (broad SMARTS) is 1. The molecule has 0 saturated carbocycles. The number of aliphatic carboxylic acids is 1. The zero-order chi connectivity index (χ0) is 15.3. The van der Waals surface area contributed by atoms with Crippen LogP contribution in [-0.2, 0) is 4.79 Å². The number of carbonyl (C=O) groups excluding carboxylic acids is 1. The minimum atomic E-state index is -1.16. The van der Waals surface area contributed by atoms with Crippen LogP contribution in [0.3, 0.4) is 0 Å². The zero-order valence-corrected chi connectivity index (χ0v) is 12.0. The van der Waals surface area contributed by atoms with Crippen LogP contribution >= 0.6 is 11.6 Å². The molecule has 0 bridgehead atoms. The standard InChI is InChI=1S/C13H16ClFN2O3/c1-16(2)6-7-17(8-11(18)19)13(20)12-9(14)4-3-5-10(12)15/h3-5H,6-8H2,1-2H3,(H,18,19). The van der Waals surface area contributed by atoms with E-state index >= 15 is 0 Å². The molecule has 1 N–H and O–H groups in total. The number of hydrogen-bond acceptors (Lipinski definition) is 3. The Hall–Kier alpha value is -1.66. The van der Waals surface area contributed by atoms with Crippen molar-refractivity contribution in [3.05, 3.63) is 34.6 Å². The molecule has 0 heterocycles. The van der Waals surface area contributed by atoms with Crippen LogP contribution in [0, 0.1) is 5.82 Å². The summed E-state index contributed by atoms with van der Waals surface area (Å²) in [4.78, 5) is 25.9. The minimum Gasteiger partial charge on any atom is -0.480 e. The molecule has 0 spiro atoms. The van der Waals surface area contributed by atoms with Gasteiger partial charge in [0.15, 0.2) is 0 Å². The van der Waals surface area contributed by atoms with E-state index in [0.29, 0.717) is 6.54 Å². The summed E-state index contributed by atoms with van der Waals surface area (Å²) in [5, 5.41) is 8.82. The number of carboxylic acids is 1. The molecule has 0 aliphatic rings. The van der Waals surface area contributed by atoms with E-state index in [1.54, 1.807) is 19.0 Å². The second-order valence-corrected chi connectivity index (χ2v) is 4.93. The lowest BCUT2D eigenvalue weighted by molar-refractivity contribution is -0.137. The Morgan fingerprint density at radius 3 is 2.45 bits per heavy atom. The summed E-state index contributed by atoms with van der Waals surface area (Å²) >= 11 is 5.82. The molecule has 0 aliphatic heterocycles. The van der Waals surface area contributed by atoms with Gasteiger partial charge in [-0.25, -0.2) is 4.39 Å². The third kappa shape index (κ3) is 4.47. The molecule has 1 amide bonds. The van der Waals surface area contributed by atoms with Crippen molar-refractivity contribution in [3.8, 4) is 0 Å². The fourth-order valence-corrected chi connectivity index (χ4v) is 1.84. The highest BCUT2D eigenvalue weighted by Crippen LogP contribution is 2.20. The van der Waals surface area contributed by atoms with Gasteiger partial charge in [-0.3, -0.25) is 9.59 Å². The van der Waals surface area contributed by atoms with Crippen LogP contribution < -0.4 is 0 Å². The van der Waals surface area contributed by atoms with Gasteiger partial charge in [0.1, 0.15) is 12.4 Å². The summed E-state index contributed by atoms with van der Waals surface area (Å²) in [6.07, 6.45) is 0. The van der Waals surface area contributed by atoms with E-state index in [2.05, 4.69) is 0 Å². The molecule has 0 fully saturated rings. The first-order chi connectivity index (χ1) is 9.32. The molecule has 0 aromatic heterocycles. The molecule has 0 saturated heterocycles. The number of likely N-dealkylation sites (N-methyl/N-ethyl adjacent to an activating group) is 1. The van der Waals surface area contributed by atoms with Gasteiger partial charge in [-0.05, 0) is 26.2 Å². The second-order valence-electron chi connectivity index (χ2n) is 4.52. The van der Waals surface area contributed by atoms with E-state index in [4.69, 9.17) is 16.7 Å². The summed E-state index contributed by atoms with van der Waals surface area (Å²) in [5.41, 5.74) is -0.297. The van der Waals surface area contributed by atoms with Crippen molar-refractivity contribution in [2.75, 3.05) is 33.7 Å². The van der Waals surface area contributed by atoms with Crippen molar-refractivity contribution in [3.63, 3.8) is 0 Å². The molecule has 0 aliphatic carbocycles. The number of amides is 1. The molecule has 110 valence electrons. The van der Waals surface area contributed by atoms with Crippen LogP contribution in [0.4, 0.5) is 4.39 Å². The number of halogens is 2. The molecular weight excluding hydrogens is 287 g/mol. The lowest BCUT2D eigenvalue weighted by atomic mass is 10.1. The Labute approximate surface area is 121 Å². The Balaban J connectivity index is 3.00. The van der Waals surface area contributed by atoms with E-state index in [-0.39, 0.29) is 17.1 Å². The van der Waals surface area contributed by atoms with Crippen LogP contribution in [0.15, 0.2) is 18.2 Å². The maximum atomic E-state index is 13.7. The number of benzene rings is 1. The lowest BCUT2D eigenvalue weighted by Gasteiger charge is -2.23. The molecule has 0 radical (unpaired) electrons. The van der Waals surface area contributed by atoms with Crippen molar-refractivity contribution >= 4 is 23.5 Å². The molecule has 1 aromatic carbocycles. The largest absolute Gasteiger partial charge is 0.480 e. The predicted molar refractivity (Wildman–Crippen MR) is 73.5 cm³/mol. The predicted octanol–water partition coefficient (Wildman–Crippen LogP) is 1.57. The Kier molecular flexibility index (Phi) is 5.91. The summed E-state index contributed by atoms with van der Waals surface area (Å²) in [6.45, 7) is 0.130. The molecular formula is C13H16ClFN2O3. The van der Waals surface area contributed by atoms with Crippen LogP contribution in [0.5, 0.6) is 0 Å². The van der Waals surface area contributed by atoms with Crippen LogP contribution in [0.25, 0.3) is 0 Å². The van der Waals surface area contributed by atoms with E-state index in [9.17, 15) is 14.0 Å². The highest BCUT2D eigenvalue weighted by Gasteiger charge is 2.23. The Morgan fingerprint density at radius 1 is 1.30 bits per heavy atom. The van der Waals surface area contributed by atoms with E-state index in [1.165, 1.54) is 12.1 Å². The number of nitrogens with zero attached hydrogens (tertiary/aromatic N) is 2. The molecule has 1 rings (SSSR count). The minimum absolute atomic E-state index is 0.0322. The Morgan fingerprint density at radius 2 is 1.95 bits per heavy atom. The number of carbonyl (C=O) groups is 2. The SMILES string of the molecule is CN(C)CCN(CC(=O)O)C(=O)c1c(F)cccc1Cl. The maximum absolute atomic E-state index is 13.7. The van der Waals surface area contributed by atoms with Gasteiger partial charge in [-0.2, -0.15) is 0 Å². The fraction of sp³-hybridized carbons (Fsp3) is 0.385. The number of rotatable bonds is 6. The summed E-state index contributed by atoms with van der Waals surface area (Å²) in [7, 11) is 3.58. The van der Waals surface area contributed by atoms with Gasteiger partial charge >= 0.3 is 5.97 Å². The van der Waals surface area contributed by atoms with E-state index < -0.39 is 24.2 Å². The van der Waals surface area contributed by atoms with Crippen LogP contribution in [0.2, 0.25) is 5.02 Å². The first-order valence-electron chi connectivity index (χ1n) is 5.92. The zero-order valence-electron chi connectivity index (χ0n) is 11.3. The van der Waals surface area contributed by atoms with Gasteiger partial charge in [-0.15, -0.1) is 0 Å².